The van der Waals surface area contributed by atoms with Crippen molar-refractivity contribution in [3.63, 3.8) is 0 Å². The van der Waals surface area contributed by atoms with Crippen LogP contribution in [0.5, 0.6) is 0 Å². The molecule has 168 valence electrons. The Labute approximate surface area is 194 Å². The highest BCUT2D eigenvalue weighted by molar-refractivity contribution is 14.0. The number of aryl methyl sites for hydroxylation is 1. The molecule has 30 heavy (non-hydrogen) atoms. The zero-order chi connectivity index (χ0) is 21.6. The van der Waals surface area contributed by atoms with E-state index in [1.165, 1.54) is 6.07 Å². The predicted octanol–water partition coefficient (Wildman–Crippen LogP) is 2.35. The molecular formula is C20H31FIN5O3. The number of carbonyl (C=O) groups excluding carboxylic acids is 2. The minimum atomic E-state index is -0.524. The first-order chi connectivity index (χ1) is 13.6. The number of carbonyl (C=O) groups is 2. The number of hydrogen-bond donors (Lipinski definition) is 2. The average Bonchev–Trinajstić information content (AvgIpc) is 2.65. The Kier molecular flexibility index (Phi) is 9.79. The summed E-state index contributed by atoms with van der Waals surface area (Å²) in [6.45, 7) is 9.85. The topological polar surface area (TPSA) is 100 Å². The van der Waals surface area contributed by atoms with E-state index in [1.807, 2.05) is 25.7 Å². The number of nitrogens with one attached hydrogen (secondary N) is 1. The molecule has 1 saturated heterocycles. The van der Waals surface area contributed by atoms with Crippen LogP contribution >= 0.6 is 24.0 Å². The normalized spacial score (nSPS) is 14.8. The van der Waals surface area contributed by atoms with E-state index in [-0.39, 0.29) is 48.1 Å². The molecule has 1 aliphatic rings. The van der Waals surface area contributed by atoms with Crippen LogP contribution in [-0.2, 0) is 4.74 Å². The van der Waals surface area contributed by atoms with E-state index in [2.05, 4.69) is 10.3 Å². The number of piperazine rings is 1. The molecule has 0 aromatic heterocycles. The van der Waals surface area contributed by atoms with Gasteiger partial charge in [0.25, 0.3) is 5.91 Å². The highest BCUT2D eigenvalue weighted by atomic mass is 127. The highest BCUT2D eigenvalue weighted by Crippen LogP contribution is 2.12. The van der Waals surface area contributed by atoms with E-state index < -0.39 is 11.4 Å². The second kappa shape index (κ2) is 11.3. The lowest BCUT2D eigenvalue weighted by Gasteiger charge is -2.36. The smallest absolute Gasteiger partial charge is 0.410 e. The van der Waals surface area contributed by atoms with Crippen LogP contribution in [0.15, 0.2) is 23.2 Å². The van der Waals surface area contributed by atoms with Gasteiger partial charge in [0, 0.05) is 38.3 Å². The molecule has 1 aromatic carbocycles. The minimum Gasteiger partial charge on any atom is -0.444 e. The van der Waals surface area contributed by atoms with Crippen molar-refractivity contribution in [2.45, 2.75) is 33.3 Å². The van der Waals surface area contributed by atoms with Gasteiger partial charge in [0.15, 0.2) is 5.96 Å². The quantitative estimate of drug-likeness (QED) is 0.267. The van der Waals surface area contributed by atoms with Gasteiger partial charge < -0.3 is 25.6 Å². The van der Waals surface area contributed by atoms with Crippen LogP contribution in [-0.4, -0.2) is 72.6 Å². The second-order valence-corrected chi connectivity index (χ2v) is 7.91. The molecule has 2 rings (SSSR count). The molecule has 8 nitrogen and oxygen atoms in total. The standard InChI is InChI=1S/C20H30FN5O3.HI/c1-14-5-6-15(13-16(14)21)17(27)23-7-8-24-18(22)25-9-11-26(12-10-25)19(28)29-20(2,3)4;/h5-6,13H,7-12H2,1-4H3,(H2,22,24)(H,23,27);1H. The maximum atomic E-state index is 13.5. The first-order valence-corrected chi connectivity index (χ1v) is 9.64. The molecule has 2 amide bonds. The monoisotopic (exact) mass is 535 g/mol. The Morgan fingerprint density at radius 3 is 2.37 bits per heavy atom. The Hall–Kier alpha value is -2.11. The van der Waals surface area contributed by atoms with Crippen molar-refractivity contribution in [2.24, 2.45) is 10.7 Å². The number of aliphatic imine (C=N–C) groups is 1. The molecule has 1 heterocycles. The number of ether oxygens (including phenoxy) is 1. The minimum absolute atomic E-state index is 0. The maximum Gasteiger partial charge on any atom is 0.410 e. The molecule has 1 aromatic rings. The van der Waals surface area contributed by atoms with Gasteiger partial charge in [-0.2, -0.15) is 0 Å². The summed E-state index contributed by atoms with van der Waals surface area (Å²) in [6.07, 6.45) is -0.331. The third-order valence-electron chi connectivity index (χ3n) is 4.36. The summed E-state index contributed by atoms with van der Waals surface area (Å²) in [6, 6.07) is 4.36. The summed E-state index contributed by atoms with van der Waals surface area (Å²) in [5, 5.41) is 2.69. The van der Waals surface area contributed by atoms with Gasteiger partial charge in [0.2, 0.25) is 0 Å². The van der Waals surface area contributed by atoms with Gasteiger partial charge in [-0.25, -0.2) is 9.18 Å². The number of benzene rings is 1. The number of amides is 2. The van der Waals surface area contributed by atoms with E-state index in [1.54, 1.807) is 24.0 Å². The van der Waals surface area contributed by atoms with Crippen LogP contribution in [0.1, 0.15) is 36.7 Å². The van der Waals surface area contributed by atoms with E-state index in [9.17, 15) is 14.0 Å². The Balaban J connectivity index is 0.00000450. The summed E-state index contributed by atoms with van der Waals surface area (Å²) >= 11 is 0. The SMILES string of the molecule is Cc1ccc(C(=O)NCCN=C(N)N2CCN(C(=O)OC(C)(C)C)CC2)cc1F.I. The molecule has 0 atom stereocenters. The molecule has 10 heteroatoms. The van der Waals surface area contributed by atoms with Crippen molar-refractivity contribution in [2.75, 3.05) is 39.3 Å². The van der Waals surface area contributed by atoms with Crippen LogP contribution in [0.25, 0.3) is 0 Å². The Morgan fingerprint density at radius 1 is 1.20 bits per heavy atom. The molecule has 0 unspecified atom stereocenters. The lowest BCUT2D eigenvalue weighted by Crippen LogP contribution is -2.53. The number of guanidine groups is 1. The third kappa shape index (κ3) is 7.96. The summed E-state index contributed by atoms with van der Waals surface area (Å²) in [5.41, 5.74) is 6.25. The molecular weight excluding hydrogens is 504 g/mol. The van der Waals surface area contributed by atoms with Crippen molar-refractivity contribution in [1.29, 1.82) is 0 Å². The summed E-state index contributed by atoms with van der Waals surface area (Å²) in [5.74, 6) is -0.404. The predicted molar refractivity (Wildman–Crippen MR) is 125 cm³/mol. The van der Waals surface area contributed by atoms with Gasteiger partial charge in [-0.1, -0.05) is 6.07 Å². The van der Waals surface area contributed by atoms with Crippen molar-refractivity contribution in [3.8, 4) is 0 Å². The zero-order valence-electron chi connectivity index (χ0n) is 17.9. The number of nitrogens with zero attached hydrogens (tertiary/aromatic N) is 3. The lowest BCUT2D eigenvalue weighted by molar-refractivity contribution is 0.0186. The first kappa shape index (κ1) is 25.9. The van der Waals surface area contributed by atoms with Gasteiger partial charge in [-0.15, -0.1) is 24.0 Å². The van der Waals surface area contributed by atoms with Crippen molar-refractivity contribution < 1.29 is 18.7 Å². The highest BCUT2D eigenvalue weighted by Gasteiger charge is 2.26. The molecule has 0 aliphatic carbocycles. The number of rotatable bonds is 4. The van der Waals surface area contributed by atoms with Crippen molar-refractivity contribution >= 4 is 41.9 Å². The first-order valence-electron chi connectivity index (χ1n) is 9.64. The summed E-state index contributed by atoms with van der Waals surface area (Å²) in [4.78, 5) is 31.9. The fraction of sp³-hybridized carbons (Fsp3) is 0.550. The van der Waals surface area contributed by atoms with Crippen LogP contribution in [0.3, 0.4) is 0 Å². The molecule has 1 aliphatic heterocycles. The van der Waals surface area contributed by atoms with E-state index in [0.29, 0.717) is 44.2 Å². The van der Waals surface area contributed by atoms with Gasteiger partial charge >= 0.3 is 6.09 Å². The van der Waals surface area contributed by atoms with Gasteiger partial charge in [-0.3, -0.25) is 9.79 Å². The zero-order valence-corrected chi connectivity index (χ0v) is 20.2. The largest absolute Gasteiger partial charge is 0.444 e. The number of hydrogen-bond acceptors (Lipinski definition) is 4. The van der Waals surface area contributed by atoms with Gasteiger partial charge in [-0.05, 0) is 45.4 Å². The van der Waals surface area contributed by atoms with Crippen LogP contribution < -0.4 is 11.1 Å². The van der Waals surface area contributed by atoms with Gasteiger partial charge in [0.05, 0.1) is 6.54 Å². The van der Waals surface area contributed by atoms with Gasteiger partial charge in [0.1, 0.15) is 11.4 Å². The number of halogens is 2. The van der Waals surface area contributed by atoms with E-state index in [4.69, 9.17) is 10.5 Å². The Morgan fingerprint density at radius 2 is 1.80 bits per heavy atom. The van der Waals surface area contributed by atoms with Crippen LogP contribution in [0, 0.1) is 12.7 Å². The lowest BCUT2D eigenvalue weighted by atomic mass is 10.1. The van der Waals surface area contributed by atoms with Crippen LogP contribution in [0.4, 0.5) is 9.18 Å². The maximum absolute atomic E-state index is 13.5. The average molecular weight is 535 g/mol. The molecule has 0 radical (unpaired) electrons. The van der Waals surface area contributed by atoms with Crippen LogP contribution in [0.2, 0.25) is 0 Å². The summed E-state index contributed by atoms with van der Waals surface area (Å²) < 4.78 is 18.9. The third-order valence-corrected chi connectivity index (χ3v) is 4.36. The molecule has 1 fully saturated rings. The fourth-order valence-corrected chi connectivity index (χ4v) is 2.72. The molecule has 0 spiro atoms. The van der Waals surface area contributed by atoms with Crippen molar-refractivity contribution in [3.05, 3.63) is 35.1 Å². The van der Waals surface area contributed by atoms with Crippen molar-refractivity contribution in [1.82, 2.24) is 15.1 Å². The van der Waals surface area contributed by atoms with E-state index in [0.717, 1.165) is 0 Å². The Bertz CT molecular complexity index is 774. The molecule has 0 bridgehead atoms. The second-order valence-electron chi connectivity index (χ2n) is 7.91. The number of nitrogens with two attached hydrogens (primary N) is 1. The molecule has 3 N–H and O–H groups in total. The molecule has 0 saturated carbocycles. The summed E-state index contributed by atoms with van der Waals surface area (Å²) in [7, 11) is 0. The van der Waals surface area contributed by atoms with E-state index >= 15 is 0 Å². The fourth-order valence-electron chi connectivity index (χ4n) is 2.72.